The minimum absolute atomic E-state index is 0.212. The number of aliphatic hydroxyl groups excluding tert-OH is 1. The lowest BCUT2D eigenvalue weighted by Crippen LogP contribution is -2.23. The highest BCUT2D eigenvalue weighted by molar-refractivity contribution is 8.00. The van der Waals surface area contributed by atoms with Crippen LogP contribution < -0.4 is 5.32 Å². The predicted molar refractivity (Wildman–Crippen MR) is 88.4 cm³/mol. The van der Waals surface area contributed by atoms with Crippen molar-refractivity contribution in [3.63, 3.8) is 0 Å². The molecule has 2 aromatic rings. The Balaban J connectivity index is 1.84. The van der Waals surface area contributed by atoms with Gasteiger partial charge in [0, 0.05) is 11.4 Å². The number of rotatable bonds is 6. The van der Waals surface area contributed by atoms with E-state index < -0.39 is 11.9 Å². The van der Waals surface area contributed by atoms with Crippen molar-refractivity contribution in [3.8, 4) is 0 Å². The van der Waals surface area contributed by atoms with Gasteiger partial charge in [0.15, 0.2) is 0 Å². The highest BCUT2D eigenvalue weighted by Crippen LogP contribution is 2.22. The van der Waals surface area contributed by atoms with Crippen molar-refractivity contribution in [2.75, 3.05) is 11.1 Å². The number of anilines is 1. The zero-order chi connectivity index (χ0) is 15.9. The van der Waals surface area contributed by atoms with Crippen LogP contribution in [0.15, 0.2) is 54.6 Å². The number of halogens is 1. The first-order chi connectivity index (χ1) is 10.6. The monoisotopic (exact) mass is 319 g/mol. The Bertz CT molecular complexity index is 621. The van der Waals surface area contributed by atoms with Crippen LogP contribution in [-0.4, -0.2) is 22.0 Å². The fourth-order valence-corrected chi connectivity index (χ4v) is 2.77. The van der Waals surface area contributed by atoms with E-state index in [9.17, 15) is 14.3 Å². The van der Waals surface area contributed by atoms with Gasteiger partial charge in [-0.15, -0.1) is 11.8 Å². The maximum atomic E-state index is 13.1. The number of hydrogen-bond donors (Lipinski definition) is 2. The van der Waals surface area contributed by atoms with E-state index >= 15 is 0 Å². The molecule has 2 rings (SSSR count). The van der Waals surface area contributed by atoms with E-state index in [1.54, 1.807) is 19.1 Å². The molecular weight excluding hydrogens is 301 g/mol. The zero-order valence-electron chi connectivity index (χ0n) is 12.2. The molecule has 116 valence electrons. The van der Waals surface area contributed by atoms with Crippen molar-refractivity contribution in [1.29, 1.82) is 0 Å². The van der Waals surface area contributed by atoms with Crippen molar-refractivity contribution >= 4 is 23.4 Å². The second-order valence-corrected chi connectivity index (χ2v) is 6.28. The first kappa shape index (κ1) is 16.5. The first-order valence-corrected chi connectivity index (χ1v) is 8.02. The summed E-state index contributed by atoms with van der Waals surface area (Å²) in [5.41, 5.74) is 1.26. The molecule has 0 heterocycles. The lowest BCUT2D eigenvalue weighted by Gasteiger charge is -2.15. The molecule has 0 saturated carbocycles. The molecule has 0 saturated heterocycles. The van der Waals surface area contributed by atoms with Gasteiger partial charge in [0.25, 0.3) is 0 Å². The fraction of sp³-hybridized carbons (Fsp3) is 0.235. The van der Waals surface area contributed by atoms with Gasteiger partial charge in [0.1, 0.15) is 5.82 Å². The summed E-state index contributed by atoms with van der Waals surface area (Å²) in [7, 11) is 0. The maximum absolute atomic E-state index is 13.1. The minimum atomic E-state index is -0.615. The molecule has 2 N–H and O–H groups in total. The number of hydrogen-bond acceptors (Lipinski definition) is 3. The lowest BCUT2D eigenvalue weighted by molar-refractivity contribution is -0.115. The van der Waals surface area contributed by atoms with E-state index in [-0.39, 0.29) is 11.2 Å². The van der Waals surface area contributed by atoms with E-state index in [0.717, 1.165) is 5.56 Å². The Morgan fingerprint density at radius 1 is 1.23 bits per heavy atom. The van der Waals surface area contributed by atoms with Gasteiger partial charge in [0.05, 0.1) is 11.4 Å². The summed E-state index contributed by atoms with van der Waals surface area (Å²) >= 11 is 1.36. The van der Waals surface area contributed by atoms with E-state index in [1.165, 1.54) is 23.9 Å². The van der Waals surface area contributed by atoms with Gasteiger partial charge < -0.3 is 10.4 Å². The van der Waals surface area contributed by atoms with Gasteiger partial charge in [-0.1, -0.05) is 36.4 Å². The quantitative estimate of drug-likeness (QED) is 0.855. The molecule has 0 aromatic heterocycles. The molecule has 0 aliphatic carbocycles. The van der Waals surface area contributed by atoms with Gasteiger partial charge in [-0.3, -0.25) is 4.79 Å². The normalized spacial score (nSPS) is 13.4. The highest BCUT2D eigenvalue weighted by Gasteiger charge is 2.16. The summed E-state index contributed by atoms with van der Waals surface area (Å²) in [4.78, 5) is 12.0. The minimum Gasteiger partial charge on any atom is -0.388 e. The first-order valence-electron chi connectivity index (χ1n) is 6.97. The Labute approximate surface area is 133 Å². The molecular formula is C17H18FNO2S. The number of benzene rings is 2. The third-order valence-electron chi connectivity index (χ3n) is 3.15. The summed E-state index contributed by atoms with van der Waals surface area (Å²) in [5, 5.41) is 12.4. The lowest BCUT2D eigenvalue weighted by atomic mass is 10.1. The van der Waals surface area contributed by atoms with Gasteiger partial charge in [0.2, 0.25) is 5.91 Å². The molecule has 0 spiro atoms. The third-order valence-corrected chi connectivity index (χ3v) is 4.37. The number of thioether (sulfide) groups is 1. The van der Waals surface area contributed by atoms with Crippen LogP contribution in [-0.2, 0) is 4.79 Å². The standard InChI is InChI=1S/C17H18FNO2S/c1-12(17(21)19-15-9-5-8-14(18)10-15)22-11-16(20)13-6-3-2-4-7-13/h2-10,12,16,20H,11H2,1H3,(H,19,21). The van der Waals surface area contributed by atoms with Crippen LogP contribution in [0, 0.1) is 5.82 Å². The predicted octanol–water partition coefficient (Wildman–Crippen LogP) is 3.62. The highest BCUT2D eigenvalue weighted by atomic mass is 32.2. The van der Waals surface area contributed by atoms with Gasteiger partial charge in [-0.25, -0.2) is 4.39 Å². The van der Waals surface area contributed by atoms with Crippen molar-refractivity contribution in [3.05, 3.63) is 66.0 Å². The summed E-state index contributed by atoms with van der Waals surface area (Å²) in [6, 6.07) is 15.1. The molecule has 0 radical (unpaired) electrons. The molecule has 0 aliphatic heterocycles. The van der Waals surface area contributed by atoms with E-state index in [4.69, 9.17) is 0 Å². The smallest absolute Gasteiger partial charge is 0.237 e. The number of carbonyl (C=O) groups is 1. The van der Waals surface area contributed by atoms with Crippen LogP contribution in [0.1, 0.15) is 18.6 Å². The molecule has 2 aromatic carbocycles. The summed E-state index contributed by atoms with van der Waals surface area (Å²) in [5.74, 6) is -0.185. The zero-order valence-corrected chi connectivity index (χ0v) is 13.0. The summed E-state index contributed by atoms with van der Waals surface area (Å²) < 4.78 is 13.1. The Hall–Kier alpha value is -1.85. The van der Waals surface area contributed by atoms with Crippen molar-refractivity contribution in [2.24, 2.45) is 0 Å². The van der Waals surface area contributed by atoms with E-state index in [1.807, 2.05) is 30.3 Å². The van der Waals surface area contributed by atoms with Crippen molar-refractivity contribution in [1.82, 2.24) is 0 Å². The molecule has 0 bridgehead atoms. The molecule has 0 fully saturated rings. The Morgan fingerprint density at radius 2 is 1.95 bits per heavy atom. The Kier molecular flexibility index (Phi) is 5.98. The van der Waals surface area contributed by atoms with Crippen LogP contribution in [0.5, 0.6) is 0 Å². The molecule has 0 aliphatic rings. The molecule has 5 heteroatoms. The largest absolute Gasteiger partial charge is 0.388 e. The average molecular weight is 319 g/mol. The second-order valence-electron chi connectivity index (χ2n) is 4.90. The van der Waals surface area contributed by atoms with Gasteiger partial charge in [-0.2, -0.15) is 0 Å². The van der Waals surface area contributed by atoms with Crippen LogP contribution in [0.2, 0.25) is 0 Å². The summed E-state index contributed by atoms with van der Waals surface area (Å²) in [6.07, 6.45) is -0.615. The molecule has 1 amide bonds. The molecule has 3 nitrogen and oxygen atoms in total. The topological polar surface area (TPSA) is 49.3 Å². The van der Waals surface area contributed by atoms with Gasteiger partial charge >= 0.3 is 0 Å². The van der Waals surface area contributed by atoms with Crippen molar-refractivity contribution in [2.45, 2.75) is 18.3 Å². The third kappa shape index (κ3) is 4.86. The van der Waals surface area contributed by atoms with E-state index in [0.29, 0.717) is 11.4 Å². The van der Waals surface area contributed by atoms with Crippen LogP contribution in [0.3, 0.4) is 0 Å². The second kappa shape index (κ2) is 7.96. The van der Waals surface area contributed by atoms with Gasteiger partial charge in [-0.05, 0) is 30.7 Å². The van der Waals surface area contributed by atoms with Crippen LogP contribution >= 0.6 is 11.8 Å². The number of nitrogens with one attached hydrogen (secondary N) is 1. The van der Waals surface area contributed by atoms with E-state index in [2.05, 4.69) is 5.32 Å². The van der Waals surface area contributed by atoms with Crippen LogP contribution in [0.25, 0.3) is 0 Å². The maximum Gasteiger partial charge on any atom is 0.237 e. The number of carbonyl (C=O) groups excluding carboxylic acids is 1. The molecule has 2 atom stereocenters. The molecule has 2 unspecified atom stereocenters. The van der Waals surface area contributed by atoms with Crippen molar-refractivity contribution < 1.29 is 14.3 Å². The number of amides is 1. The summed E-state index contributed by atoms with van der Waals surface area (Å²) in [6.45, 7) is 1.76. The SMILES string of the molecule is CC(SCC(O)c1ccccc1)C(=O)Nc1cccc(F)c1. The molecule has 22 heavy (non-hydrogen) atoms. The average Bonchev–Trinajstić information content (AvgIpc) is 2.53. The Morgan fingerprint density at radius 3 is 2.64 bits per heavy atom. The fourth-order valence-electron chi connectivity index (χ4n) is 1.89. The number of aliphatic hydroxyl groups is 1. The van der Waals surface area contributed by atoms with Crippen LogP contribution in [0.4, 0.5) is 10.1 Å².